The van der Waals surface area contributed by atoms with Crippen LogP contribution in [0.3, 0.4) is 0 Å². The summed E-state index contributed by atoms with van der Waals surface area (Å²) >= 11 is 3.48. The van der Waals surface area contributed by atoms with Crippen LogP contribution in [0.4, 0.5) is 0 Å². The van der Waals surface area contributed by atoms with Crippen molar-refractivity contribution in [2.24, 2.45) is 0 Å². The Balaban J connectivity index is 2.06. The summed E-state index contributed by atoms with van der Waals surface area (Å²) in [6.45, 7) is 8.71. The smallest absolute Gasteiger partial charge is 0.256 e. The van der Waals surface area contributed by atoms with Gasteiger partial charge in [-0.25, -0.2) is 4.67 Å². The standard InChI is InChI=1S/C17H23BrNO2P/c1-12(2)19(13(3)4)22(20)21-11-14-5-6-16-10-17(18)8-7-15(16)9-14/h5-10,12-13,20H,11H2,1-4H3. The molecule has 22 heavy (non-hydrogen) atoms. The van der Waals surface area contributed by atoms with Crippen molar-refractivity contribution in [1.82, 2.24) is 4.67 Å². The number of nitrogens with zero attached hydrogens (tertiary/aromatic N) is 1. The van der Waals surface area contributed by atoms with E-state index in [1.54, 1.807) is 0 Å². The van der Waals surface area contributed by atoms with E-state index in [4.69, 9.17) is 4.52 Å². The summed E-state index contributed by atoms with van der Waals surface area (Å²) in [5, 5.41) is 2.37. The van der Waals surface area contributed by atoms with Gasteiger partial charge in [-0.1, -0.05) is 34.1 Å². The summed E-state index contributed by atoms with van der Waals surface area (Å²) < 4.78 is 8.81. The molecule has 3 nitrogen and oxygen atoms in total. The summed E-state index contributed by atoms with van der Waals surface area (Å²) in [5.41, 5.74) is 1.07. The number of fused-ring (bicyclic) bond motifs is 1. The van der Waals surface area contributed by atoms with Crippen LogP contribution in [0, 0.1) is 0 Å². The monoisotopic (exact) mass is 383 g/mol. The van der Waals surface area contributed by atoms with Gasteiger partial charge in [0.15, 0.2) is 0 Å². The van der Waals surface area contributed by atoms with Crippen molar-refractivity contribution in [1.29, 1.82) is 0 Å². The molecule has 0 heterocycles. The minimum Gasteiger partial charge on any atom is -0.338 e. The summed E-state index contributed by atoms with van der Waals surface area (Å²) in [4.78, 5) is 10.3. The predicted molar refractivity (Wildman–Crippen MR) is 97.7 cm³/mol. The molecule has 2 aromatic carbocycles. The first-order valence-corrected chi connectivity index (χ1v) is 9.42. The number of benzene rings is 2. The van der Waals surface area contributed by atoms with Crippen LogP contribution in [0.5, 0.6) is 0 Å². The topological polar surface area (TPSA) is 32.7 Å². The highest BCUT2D eigenvalue weighted by Crippen LogP contribution is 2.41. The fourth-order valence-corrected chi connectivity index (χ4v) is 4.11. The van der Waals surface area contributed by atoms with Crippen LogP contribution in [0.15, 0.2) is 40.9 Å². The Bertz CT molecular complexity index is 625. The summed E-state index contributed by atoms with van der Waals surface area (Å²) in [6, 6.07) is 13.0. The van der Waals surface area contributed by atoms with E-state index < -0.39 is 8.53 Å². The molecule has 120 valence electrons. The molecule has 0 saturated carbocycles. The third kappa shape index (κ3) is 4.50. The molecule has 0 aromatic heterocycles. The lowest BCUT2D eigenvalue weighted by atomic mass is 10.1. The molecule has 0 fully saturated rings. The normalized spacial score (nSPS) is 13.5. The highest BCUT2D eigenvalue weighted by molar-refractivity contribution is 9.10. The number of hydrogen-bond acceptors (Lipinski definition) is 3. The van der Waals surface area contributed by atoms with Gasteiger partial charge < -0.3 is 9.42 Å². The Morgan fingerprint density at radius 3 is 2.27 bits per heavy atom. The Morgan fingerprint density at radius 2 is 1.64 bits per heavy atom. The average Bonchev–Trinajstić information content (AvgIpc) is 2.44. The van der Waals surface area contributed by atoms with E-state index in [2.05, 4.69) is 67.9 Å². The molecule has 2 aromatic rings. The SMILES string of the molecule is CC(C)N(C(C)C)P(O)OCc1ccc2cc(Br)ccc2c1. The zero-order valence-electron chi connectivity index (χ0n) is 13.5. The highest BCUT2D eigenvalue weighted by Gasteiger charge is 2.23. The average molecular weight is 384 g/mol. The van der Waals surface area contributed by atoms with Gasteiger partial charge >= 0.3 is 0 Å². The van der Waals surface area contributed by atoms with Gasteiger partial charge in [0, 0.05) is 16.6 Å². The first-order chi connectivity index (χ1) is 10.4. The number of rotatable bonds is 6. The van der Waals surface area contributed by atoms with Crippen LogP contribution in [0.1, 0.15) is 33.3 Å². The molecule has 5 heteroatoms. The van der Waals surface area contributed by atoms with Gasteiger partial charge in [-0.3, -0.25) is 0 Å². The maximum absolute atomic E-state index is 10.3. The maximum atomic E-state index is 10.3. The fraction of sp³-hybridized carbons (Fsp3) is 0.412. The minimum absolute atomic E-state index is 0.255. The predicted octanol–water partition coefficient (Wildman–Crippen LogP) is 5.46. The molecule has 1 N–H and O–H groups in total. The quantitative estimate of drug-likeness (QED) is 0.672. The van der Waals surface area contributed by atoms with E-state index >= 15 is 0 Å². The van der Waals surface area contributed by atoms with Crippen LogP contribution in [-0.4, -0.2) is 21.6 Å². The minimum atomic E-state index is -1.57. The van der Waals surface area contributed by atoms with Crippen molar-refractivity contribution in [3.63, 3.8) is 0 Å². The summed E-state index contributed by atoms with van der Waals surface area (Å²) in [7, 11) is -1.57. The maximum Gasteiger partial charge on any atom is 0.256 e. The molecule has 0 bridgehead atoms. The molecule has 0 radical (unpaired) electrons. The molecule has 0 spiro atoms. The second-order valence-electron chi connectivity index (χ2n) is 5.92. The second kappa shape index (κ2) is 7.85. The van der Waals surface area contributed by atoms with Gasteiger partial charge in [0.2, 0.25) is 0 Å². The van der Waals surface area contributed by atoms with E-state index in [-0.39, 0.29) is 12.1 Å². The first kappa shape index (κ1) is 17.8. The van der Waals surface area contributed by atoms with Gasteiger partial charge in [0.25, 0.3) is 8.53 Å². The van der Waals surface area contributed by atoms with E-state index in [1.807, 2.05) is 16.8 Å². The number of hydrogen-bond donors (Lipinski definition) is 1. The van der Waals surface area contributed by atoms with Crippen molar-refractivity contribution in [2.75, 3.05) is 0 Å². The molecule has 1 unspecified atom stereocenters. The summed E-state index contributed by atoms with van der Waals surface area (Å²) in [6.07, 6.45) is 0. The van der Waals surface area contributed by atoms with Crippen molar-refractivity contribution in [3.05, 3.63) is 46.4 Å². The molecule has 0 saturated heterocycles. The van der Waals surface area contributed by atoms with Crippen molar-refractivity contribution >= 4 is 35.2 Å². The zero-order chi connectivity index (χ0) is 16.3. The fourth-order valence-electron chi connectivity index (χ4n) is 2.55. The number of halogens is 1. The van der Waals surface area contributed by atoms with Crippen LogP contribution < -0.4 is 0 Å². The molecule has 1 atom stereocenters. The van der Waals surface area contributed by atoms with Crippen molar-refractivity contribution < 1.29 is 9.42 Å². The third-order valence-electron chi connectivity index (χ3n) is 3.47. The largest absolute Gasteiger partial charge is 0.338 e. The van der Waals surface area contributed by atoms with Crippen molar-refractivity contribution in [3.8, 4) is 0 Å². The lowest BCUT2D eigenvalue weighted by molar-refractivity contribution is 0.206. The Kier molecular flexibility index (Phi) is 6.36. The lowest BCUT2D eigenvalue weighted by Gasteiger charge is -2.32. The first-order valence-electron chi connectivity index (χ1n) is 7.47. The zero-order valence-corrected chi connectivity index (χ0v) is 15.9. The molecule has 0 aliphatic rings. The second-order valence-corrected chi connectivity index (χ2v) is 8.06. The van der Waals surface area contributed by atoms with Crippen LogP contribution in [-0.2, 0) is 11.1 Å². The van der Waals surface area contributed by atoms with Gasteiger partial charge in [0.05, 0.1) is 6.61 Å². The van der Waals surface area contributed by atoms with E-state index in [1.165, 1.54) is 10.8 Å². The van der Waals surface area contributed by atoms with Gasteiger partial charge in [-0.05, 0) is 62.2 Å². The van der Waals surface area contributed by atoms with Gasteiger partial charge in [-0.2, -0.15) is 0 Å². The molecule has 2 rings (SSSR count). The van der Waals surface area contributed by atoms with Crippen molar-refractivity contribution in [2.45, 2.75) is 46.4 Å². The van der Waals surface area contributed by atoms with E-state index in [9.17, 15) is 4.89 Å². The molecular weight excluding hydrogens is 361 g/mol. The Morgan fingerprint density at radius 1 is 1.05 bits per heavy atom. The van der Waals surface area contributed by atoms with Crippen LogP contribution in [0.25, 0.3) is 10.8 Å². The third-order valence-corrected chi connectivity index (χ3v) is 5.64. The van der Waals surface area contributed by atoms with Gasteiger partial charge in [0.1, 0.15) is 0 Å². The van der Waals surface area contributed by atoms with Crippen LogP contribution in [0.2, 0.25) is 0 Å². The lowest BCUT2D eigenvalue weighted by Crippen LogP contribution is -2.32. The van der Waals surface area contributed by atoms with Crippen LogP contribution >= 0.6 is 24.5 Å². The molecule has 0 aliphatic heterocycles. The van der Waals surface area contributed by atoms with E-state index in [0.29, 0.717) is 6.61 Å². The Labute approximate surface area is 142 Å². The highest BCUT2D eigenvalue weighted by atomic mass is 79.9. The van der Waals surface area contributed by atoms with Gasteiger partial charge in [-0.15, -0.1) is 0 Å². The molecule has 0 amide bonds. The molecular formula is C17H23BrNO2P. The van der Waals surface area contributed by atoms with E-state index in [0.717, 1.165) is 10.0 Å². The Hall–Kier alpha value is -0.510. The molecule has 0 aliphatic carbocycles. The summed E-state index contributed by atoms with van der Waals surface area (Å²) in [5.74, 6) is 0.